The van der Waals surface area contributed by atoms with Crippen LogP contribution in [0.1, 0.15) is 15.9 Å². The summed E-state index contributed by atoms with van der Waals surface area (Å²) in [4.78, 5) is 12.3. The van der Waals surface area contributed by atoms with E-state index in [9.17, 15) is 22.4 Å². The predicted molar refractivity (Wildman–Crippen MR) is 100 cm³/mol. The summed E-state index contributed by atoms with van der Waals surface area (Å²) >= 11 is 0. The van der Waals surface area contributed by atoms with Crippen LogP contribution >= 0.6 is 0 Å². The maximum absolute atomic E-state index is 13.8. The number of nitrogens with one attached hydrogen (secondary N) is 2. The fourth-order valence-electron chi connectivity index (χ4n) is 2.98. The number of hydrogen-bond donors (Lipinski definition) is 2. The standard InChI is InChI=1S/C21H10F4N4O/c22-15-8-14(17(23)19(25)18(15)24)21(30)27-20-13-5-4-12(7-16(13)28-29-20)11-3-1-2-10(6-11)9-26/h1-8H,(H2,27,28,29,30). The van der Waals surface area contributed by atoms with Crippen LogP contribution in [0.15, 0.2) is 48.5 Å². The number of aromatic amines is 1. The van der Waals surface area contributed by atoms with Crippen LogP contribution in [-0.4, -0.2) is 16.1 Å². The van der Waals surface area contributed by atoms with Crippen LogP contribution in [-0.2, 0) is 0 Å². The van der Waals surface area contributed by atoms with E-state index >= 15 is 0 Å². The number of carbonyl (C=O) groups excluding carboxylic acids is 1. The third-order valence-electron chi connectivity index (χ3n) is 4.47. The van der Waals surface area contributed by atoms with Gasteiger partial charge in [-0.15, -0.1) is 0 Å². The van der Waals surface area contributed by atoms with E-state index in [0.29, 0.717) is 16.5 Å². The molecule has 0 spiro atoms. The van der Waals surface area contributed by atoms with E-state index < -0.39 is 34.7 Å². The number of carbonyl (C=O) groups is 1. The number of hydrogen-bond acceptors (Lipinski definition) is 3. The quantitative estimate of drug-likeness (QED) is 0.286. The molecule has 0 fully saturated rings. The number of H-pyrrole nitrogens is 1. The Morgan fingerprint density at radius 2 is 1.73 bits per heavy atom. The minimum Gasteiger partial charge on any atom is -0.304 e. The lowest BCUT2D eigenvalue weighted by molar-refractivity contribution is 0.102. The van der Waals surface area contributed by atoms with Gasteiger partial charge in [0.05, 0.1) is 22.7 Å². The van der Waals surface area contributed by atoms with Crippen LogP contribution in [0, 0.1) is 34.6 Å². The summed E-state index contributed by atoms with van der Waals surface area (Å²) in [7, 11) is 0. The van der Waals surface area contributed by atoms with Gasteiger partial charge in [-0.2, -0.15) is 10.4 Å². The van der Waals surface area contributed by atoms with Gasteiger partial charge >= 0.3 is 0 Å². The van der Waals surface area contributed by atoms with Crippen molar-refractivity contribution in [3.63, 3.8) is 0 Å². The van der Waals surface area contributed by atoms with Crippen molar-refractivity contribution >= 4 is 22.6 Å². The van der Waals surface area contributed by atoms with Gasteiger partial charge in [-0.1, -0.05) is 18.2 Å². The highest BCUT2D eigenvalue weighted by molar-refractivity contribution is 6.08. The first-order valence-electron chi connectivity index (χ1n) is 8.52. The normalized spacial score (nSPS) is 10.8. The Morgan fingerprint density at radius 1 is 0.967 bits per heavy atom. The summed E-state index contributed by atoms with van der Waals surface area (Å²) in [5, 5.41) is 18.4. The van der Waals surface area contributed by atoms with E-state index in [-0.39, 0.29) is 11.9 Å². The highest BCUT2D eigenvalue weighted by Gasteiger charge is 2.24. The molecular weight excluding hydrogens is 400 g/mol. The van der Waals surface area contributed by atoms with Crippen molar-refractivity contribution in [1.82, 2.24) is 10.2 Å². The molecule has 4 rings (SSSR count). The van der Waals surface area contributed by atoms with Crippen molar-refractivity contribution in [2.24, 2.45) is 0 Å². The van der Waals surface area contributed by atoms with Crippen molar-refractivity contribution in [3.05, 3.63) is 82.9 Å². The monoisotopic (exact) mass is 410 g/mol. The molecule has 9 heteroatoms. The third-order valence-corrected chi connectivity index (χ3v) is 4.47. The van der Waals surface area contributed by atoms with E-state index in [1.807, 2.05) is 6.07 Å². The van der Waals surface area contributed by atoms with Gasteiger partial charge < -0.3 is 5.32 Å². The molecule has 4 aromatic rings. The largest absolute Gasteiger partial charge is 0.304 e. The molecule has 30 heavy (non-hydrogen) atoms. The molecule has 1 heterocycles. The molecule has 0 radical (unpaired) electrons. The molecule has 0 saturated carbocycles. The summed E-state index contributed by atoms with van der Waals surface area (Å²) in [6.07, 6.45) is 0. The summed E-state index contributed by atoms with van der Waals surface area (Å²) in [5.74, 6) is -8.75. The Labute approximate surface area is 166 Å². The van der Waals surface area contributed by atoms with Crippen molar-refractivity contribution in [3.8, 4) is 17.2 Å². The molecule has 2 N–H and O–H groups in total. The Kier molecular flexibility index (Phi) is 4.68. The summed E-state index contributed by atoms with van der Waals surface area (Å²) in [6.45, 7) is 0. The van der Waals surface area contributed by atoms with Gasteiger partial charge in [-0.05, 0) is 41.5 Å². The summed E-state index contributed by atoms with van der Waals surface area (Å²) < 4.78 is 53.7. The molecule has 0 aliphatic carbocycles. The van der Waals surface area contributed by atoms with Crippen LogP contribution in [0.25, 0.3) is 22.0 Å². The average molecular weight is 410 g/mol. The molecule has 0 bridgehead atoms. The number of nitriles is 1. The van der Waals surface area contributed by atoms with Gasteiger partial charge in [0.2, 0.25) is 0 Å². The lowest BCUT2D eigenvalue weighted by Crippen LogP contribution is -2.16. The second kappa shape index (κ2) is 7.33. The topological polar surface area (TPSA) is 81.6 Å². The summed E-state index contributed by atoms with van der Waals surface area (Å²) in [5.41, 5.74) is 1.57. The number of aromatic nitrogens is 2. The molecule has 1 aromatic heterocycles. The molecule has 5 nitrogen and oxygen atoms in total. The summed E-state index contributed by atoms with van der Waals surface area (Å²) in [6, 6.07) is 14.4. The van der Waals surface area contributed by atoms with E-state index in [0.717, 1.165) is 11.1 Å². The Bertz CT molecular complexity index is 1360. The van der Waals surface area contributed by atoms with Gasteiger partial charge in [-0.25, -0.2) is 17.6 Å². The minimum absolute atomic E-state index is 0.00290. The van der Waals surface area contributed by atoms with Gasteiger partial charge in [-0.3, -0.25) is 9.89 Å². The van der Waals surface area contributed by atoms with Crippen molar-refractivity contribution in [2.45, 2.75) is 0 Å². The molecule has 0 saturated heterocycles. The van der Waals surface area contributed by atoms with E-state index in [1.54, 1.807) is 36.4 Å². The highest BCUT2D eigenvalue weighted by atomic mass is 19.2. The number of amides is 1. The highest BCUT2D eigenvalue weighted by Crippen LogP contribution is 2.28. The van der Waals surface area contributed by atoms with E-state index in [4.69, 9.17) is 5.26 Å². The number of anilines is 1. The maximum Gasteiger partial charge on any atom is 0.260 e. The molecule has 0 atom stereocenters. The fourth-order valence-corrected chi connectivity index (χ4v) is 2.98. The zero-order valence-corrected chi connectivity index (χ0v) is 14.9. The first-order chi connectivity index (χ1) is 14.4. The van der Waals surface area contributed by atoms with Crippen molar-refractivity contribution < 1.29 is 22.4 Å². The zero-order valence-electron chi connectivity index (χ0n) is 14.9. The zero-order chi connectivity index (χ0) is 21.4. The van der Waals surface area contributed by atoms with E-state index in [2.05, 4.69) is 21.6 Å². The lowest BCUT2D eigenvalue weighted by atomic mass is 10.0. The Morgan fingerprint density at radius 3 is 2.50 bits per heavy atom. The van der Waals surface area contributed by atoms with Crippen LogP contribution in [0.5, 0.6) is 0 Å². The second-order valence-electron chi connectivity index (χ2n) is 6.33. The molecule has 0 aliphatic rings. The third kappa shape index (κ3) is 3.24. The van der Waals surface area contributed by atoms with Gasteiger partial charge in [0.1, 0.15) is 0 Å². The number of halogens is 4. The van der Waals surface area contributed by atoms with Crippen molar-refractivity contribution in [1.29, 1.82) is 5.26 Å². The minimum atomic E-state index is -2.07. The average Bonchev–Trinajstić information content (AvgIpc) is 3.16. The Hall–Kier alpha value is -4.19. The maximum atomic E-state index is 13.8. The Balaban J connectivity index is 1.67. The second-order valence-corrected chi connectivity index (χ2v) is 6.33. The van der Waals surface area contributed by atoms with Crippen LogP contribution in [0.4, 0.5) is 23.4 Å². The van der Waals surface area contributed by atoms with Crippen LogP contribution in [0.2, 0.25) is 0 Å². The van der Waals surface area contributed by atoms with Crippen LogP contribution in [0.3, 0.4) is 0 Å². The molecule has 1 amide bonds. The first kappa shape index (κ1) is 19.1. The number of rotatable bonds is 3. The lowest BCUT2D eigenvalue weighted by Gasteiger charge is -2.06. The molecule has 148 valence electrons. The SMILES string of the molecule is N#Cc1cccc(-c2ccc3c(NC(=O)c4cc(F)c(F)c(F)c4F)n[nH]c3c2)c1. The fraction of sp³-hybridized carbons (Fsp3) is 0. The molecule has 0 aliphatic heterocycles. The smallest absolute Gasteiger partial charge is 0.260 e. The molecule has 3 aromatic carbocycles. The molecule has 0 unspecified atom stereocenters. The first-order valence-corrected chi connectivity index (χ1v) is 8.52. The predicted octanol–water partition coefficient (Wildman–Crippen LogP) is 4.91. The van der Waals surface area contributed by atoms with Crippen LogP contribution < -0.4 is 5.32 Å². The van der Waals surface area contributed by atoms with Gasteiger partial charge in [0, 0.05) is 5.39 Å². The van der Waals surface area contributed by atoms with Crippen molar-refractivity contribution in [2.75, 3.05) is 5.32 Å². The number of nitrogens with zero attached hydrogens (tertiary/aromatic N) is 2. The van der Waals surface area contributed by atoms with Gasteiger partial charge in [0.15, 0.2) is 29.1 Å². The number of benzene rings is 3. The van der Waals surface area contributed by atoms with E-state index in [1.165, 1.54) is 0 Å². The molecular formula is C21H10F4N4O. The number of fused-ring (bicyclic) bond motifs is 1. The van der Waals surface area contributed by atoms with Gasteiger partial charge in [0.25, 0.3) is 5.91 Å².